The first-order chi connectivity index (χ1) is 11.0. The first-order valence-electron chi connectivity index (χ1n) is 7.03. The Morgan fingerprint density at radius 2 is 2.00 bits per heavy atom. The van der Waals surface area contributed by atoms with E-state index in [2.05, 4.69) is 14.2 Å². The van der Waals surface area contributed by atoms with Crippen LogP contribution in [0.1, 0.15) is 38.8 Å². The Balaban J connectivity index is 3.13. The summed E-state index contributed by atoms with van der Waals surface area (Å²) in [5.41, 5.74) is 0.390. The maximum Gasteiger partial charge on any atom is 0.387 e. The van der Waals surface area contributed by atoms with Crippen molar-refractivity contribution < 1.29 is 27.6 Å². The molecule has 5 nitrogen and oxygen atoms in total. The number of halogens is 3. The number of methoxy groups -OCH3 is 1. The summed E-state index contributed by atoms with van der Waals surface area (Å²) >= 11 is 4.43. The minimum atomic E-state index is -3.01. The number of benzene rings is 1. The maximum absolute atomic E-state index is 12.4. The molecule has 9 heteroatoms. The lowest BCUT2D eigenvalue weighted by atomic mass is 10.0. The number of hydrogen-bond acceptors (Lipinski definition) is 5. The number of rotatable bonds is 7. The average molecular weight is 384 g/mol. The third-order valence-electron chi connectivity index (χ3n) is 2.93. The van der Waals surface area contributed by atoms with E-state index in [4.69, 9.17) is 11.6 Å². The van der Waals surface area contributed by atoms with Gasteiger partial charge in [-0.05, 0) is 44.5 Å². The van der Waals surface area contributed by atoms with Crippen LogP contribution in [0.5, 0.6) is 5.75 Å². The molecule has 1 aromatic carbocycles. The summed E-state index contributed by atoms with van der Waals surface area (Å²) in [6, 6.07) is 3.29. The van der Waals surface area contributed by atoms with Crippen molar-refractivity contribution in [2.75, 3.05) is 7.11 Å². The van der Waals surface area contributed by atoms with E-state index < -0.39 is 34.7 Å². The van der Waals surface area contributed by atoms with Crippen molar-refractivity contribution in [1.29, 1.82) is 0 Å². The van der Waals surface area contributed by atoms with Gasteiger partial charge in [0.05, 0.1) is 19.6 Å². The Labute approximate surface area is 148 Å². The molecule has 0 heterocycles. The number of ether oxygens (including phenoxy) is 2. The Morgan fingerprint density at radius 1 is 1.38 bits per heavy atom. The summed E-state index contributed by atoms with van der Waals surface area (Å²) in [6.45, 7) is 2.27. The van der Waals surface area contributed by atoms with Gasteiger partial charge in [0, 0.05) is 16.4 Å². The quantitative estimate of drug-likeness (QED) is 0.575. The maximum atomic E-state index is 12.4. The molecular weight excluding hydrogens is 364 g/mol. The summed E-state index contributed by atoms with van der Waals surface area (Å²) in [6.07, 6.45) is -0.146. The predicted octanol–water partition coefficient (Wildman–Crippen LogP) is 3.60. The molecule has 0 aliphatic heterocycles. The van der Waals surface area contributed by atoms with Crippen LogP contribution in [0.4, 0.5) is 8.78 Å². The molecule has 0 aliphatic rings. The Kier molecular flexibility index (Phi) is 7.72. The van der Waals surface area contributed by atoms with Crippen molar-refractivity contribution in [1.82, 2.24) is 4.72 Å². The third kappa shape index (κ3) is 6.80. The first-order valence-corrected chi connectivity index (χ1v) is 8.56. The highest BCUT2D eigenvalue weighted by atomic mass is 35.5. The molecule has 2 atom stereocenters. The molecule has 0 bridgehead atoms. The fraction of sp³-hybridized carbons (Fsp3) is 0.533. The van der Waals surface area contributed by atoms with Gasteiger partial charge < -0.3 is 14.0 Å². The van der Waals surface area contributed by atoms with E-state index in [0.717, 1.165) is 0 Å². The van der Waals surface area contributed by atoms with Crippen LogP contribution in [0.25, 0.3) is 0 Å². The second-order valence-electron chi connectivity index (χ2n) is 5.93. The van der Waals surface area contributed by atoms with E-state index in [1.807, 2.05) is 0 Å². The van der Waals surface area contributed by atoms with Gasteiger partial charge in [0.25, 0.3) is 0 Å². The van der Waals surface area contributed by atoms with Crippen LogP contribution in [0.15, 0.2) is 18.2 Å². The van der Waals surface area contributed by atoms with Crippen LogP contribution in [0, 0.1) is 0 Å². The van der Waals surface area contributed by atoms with Crippen molar-refractivity contribution in [2.24, 2.45) is 0 Å². The molecule has 0 amide bonds. The van der Waals surface area contributed by atoms with Crippen LogP contribution in [-0.4, -0.2) is 29.0 Å². The summed E-state index contributed by atoms with van der Waals surface area (Å²) in [5.74, 6) is -0.694. The van der Waals surface area contributed by atoms with Gasteiger partial charge in [-0.25, -0.2) is 0 Å². The second-order valence-corrected chi connectivity index (χ2v) is 8.36. The van der Waals surface area contributed by atoms with Crippen molar-refractivity contribution in [3.8, 4) is 5.75 Å². The molecule has 1 unspecified atom stereocenters. The number of carbonyl (C=O) groups excluding carboxylic acids is 1. The zero-order valence-corrected chi connectivity index (χ0v) is 15.3. The number of nitrogens with one attached hydrogen (secondary N) is 1. The molecule has 0 radical (unpaired) electrons. The minimum Gasteiger partial charge on any atom is -0.598 e. The zero-order valence-electron chi connectivity index (χ0n) is 13.8. The van der Waals surface area contributed by atoms with E-state index in [1.54, 1.807) is 20.8 Å². The lowest BCUT2D eigenvalue weighted by Crippen LogP contribution is -2.41. The molecule has 0 saturated carbocycles. The summed E-state index contributed by atoms with van der Waals surface area (Å²) in [7, 11) is 1.23. The van der Waals surface area contributed by atoms with Gasteiger partial charge in [0.15, 0.2) is 0 Å². The number of carbonyl (C=O) groups is 1. The Hall–Kier alpha value is -1.09. The standard InChI is InChI=1S/C15H20ClF2NO4S/c1-15(2,3)24(21)19-12(8-13(20)22-4)9-5-10(16)7-11(6-9)23-14(17)18/h5-7,12,14,19H,8H2,1-4H3/t12?,24-/m1/s1. The Morgan fingerprint density at radius 3 is 2.50 bits per heavy atom. The van der Waals surface area contributed by atoms with Gasteiger partial charge in [-0.1, -0.05) is 11.6 Å². The van der Waals surface area contributed by atoms with Crippen LogP contribution >= 0.6 is 11.6 Å². The highest BCUT2D eigenvalue weighted by Crippen LogP contribution is 2.29. The van der Waals surface area contributed by atoms with E-state index in [0.29, 0.717) is 5.56 Å². The number of alkyl halides is 2. The summed E-state index contributed by atoms with van der Waals surface area (Å²) in [5, 5.41) is 0.154. The number of esters is 1. The third-order valence-corrected chi connectivity index (χ3v) is 4.75. The van der Waals surface area contributed by atoms with E-state index in [-0.39, 0.29) is 17.2 Å². The smallest absolute Gasteiger partial charge is 0.387 e. The lowest BCUT2D eigenvalue weighted by Gasteiger charge is -2.28. The molecule has 0 saturated heterocycles. The average Bonchev–Trinajstić information content (AvgIpc) is 2.43. The van der Waals surface area contributed by atoms with Crippen LogP contribution < -0.4 is 9.46 Å². The molecule has 0 fully saturated rings. The van der Waals surface area contributed by atoms with Crippen molar-refractivity contribution in [2.45, 2.75) is 44.6 Å². The van der Waals surface area contributed by atoms with Gasteiger partial charge in [-0.3, -0.25) is 4.79 Å². The highest BCUT2D eigenvalue weighted by molar-refractivity contribution is 7.90. The van der Waals surface area contributed by atoms with Crippen LogP contribution in [0.3, 0.4) is 0 Å². The lowest BCUT2D eigenvalue weighted by molar-refractivity contribution is -0.141. The molecule has 0 aliphatic carbocycles. The second kappa shape index (κ2) is 8.84. The molecule has 1 rings (SSSR count). The molecule has 24 heavy (non-hydrogen) atoms. The topological polar surface area (TPSA) is 70.6 Å². The summed E-state index contributed by atoms with van der Waals surface area (Å²) < 4.78 is 48.4. The molecule has 0 aromatic heterocycles. The van der Waals surface area contributed by atoms with Gasteiger partial charge in [-0.2, -0.15) is 8.78 Å². The van der Waals surface area contributed by atoms with Crippen molar-refractivity contribution in [3.05, 3.63) is 28.8 Å². The molecule has 1 N–H and O–H groups in total. The first kappa shape index (κ1) is 21.0. The van der Waals surface area contributed by atoms with Crippen LogP contribution in [-0.2, 0) is 20.9 Å². The zero-order chi connectivity index (χ0) is 18.5. The summed E-state index contributed by atoms with van der Waals surface area (Å²) in [4.78, 5) is 11.6. The van der Waals surface area contributed by atoms with Gasteiger partial charge in [-0.15, -0.1) is 4.72 Å². The van der Waals surface area contributed by atoms with E-state index >= 15 is 0 Å². The van der Waals surface area contributed by atoms with Crippen LogP contribution in [0.2, 0.25) is 5.02 Å². The predicted molar refractivity (Wildman–Crippen MR) is 88.5 cm³/mol. The van der Waals surface area contributed by atoms with Crippen molar-refractivity contribution >= 4 is 28.9 Å². The van der Waals surface area contributed by atoms with Crippen molar-refractivity contribution in [3.63, 3.8) is 0 Å². The minimum absolute atomic E-state index is 0.146. The Bertz CT molecular complexity index is 569. The molecule has 136 valence electrons. The highest BCUT2D eigenvalue weighted by Gasteiger charge is 2.31. The molecule has 1 aromatic rings. The molecule has 0 spiro atoms. The fourth-order valence-electron chi connectivity index (χ4n) is 1.74. The van der Waals surface area contributed by atoms with Gasteiger partial charge in [0.2, 0.25) is 0 Å². The molecular formula is C15H20ClF2NO4S. The van der Waals surface area contributed by atoms with E-state index in [9.17, 15) is 18.1 Å². The monoisotopic (exact) mass is 383 g/mol. The van der Waals surface area contributed by atoms with Gasteiger partial charge in [0.1, 0.15) is 10.5 Å². The normalized spacial score (nSPS) is 14.4. The fourth-order valence-corrected chi connectivity index (χ4v) is 2.80. The largest absolute Gasteiger partial charge is 0.598 e. The SMILES string of the molecule is COC(=O)CC(N[S@+]([O-])C(C)(C)C)c1cc(Cl)cc(OC(F)F)c1. The van der Waals surface area contributed by atoms with Gasteiger partial charge >= 0.3 is 12.6 Å². The number of hydrogen-bond donors (Lipinski definition) is 1. The van der Waals surface area contributed by atoms with E-state index in [1.165, 1.54) is 25.3 Å².